The predicted molar refractivity (Wildman–Crippen MR) is 122 cm³/mol. The molecule has 0 aliphatic rings. The summed E-state index contributed by atoms with van der Waals surface area (Å²) in [6.07, 6.45) is 1.01. The van der Waals surface area contributed by atoms with Crippen molar-refractivity contribution in [3.8, 4) is 11.5 Å². The Hall–Kier alpha value is -3.11. The Labute approximate surface area is 188 Å². The van der Waals surface area contributed by atoms with Gasteiger partial charge < -0.3 is 20.1 Å². The average molecular weight is 459 g/mol. The highest BCUT2D eigenvalue weighted by Crippen LogP contribution is 2.30. The van der Waals surface area contributed by atoms with Crippen LogP contribution in [-0.4, -0.2) is 42.0 Å². The first-order valence-corrected chi connectivity index (χ1v) is 11.2. The molecule has 0 bridgehead atoms. The van der Waals surface area contributed by atoms with Crippen molar-refractivity contribution in [2.75, 3.05) is 30.6 Å². The number of rotatable bonds is 10. The maximum Gasteiger partial charge on any atom is 0.234 e. The van der Waals surface area contributed by atoms with E-state index in [1.807, 2.05) is 30.3 Å². The van der Waals surface area contributed by atoms with Crippen LogP contribution >= 0.6 is 23.1 Å². The fourth-order valence-electron chi connectivity index (χ4n) is 2.63. The van der Waals surface area contributed by atoms with E-state index in [9.17, 15) is 9.59 Å². The van der Waals surface area contributed by atoms with Crippen molar-refractivity contribution in [1.29, 1.82) is 0 Å². The van der Waals surface area contributed by atoms with Gasteiger partial charge in [-0.25, -0.2) is 0 Å². The van der Waals surface area contributed by atoms with Crippen LogP contribution in [0.25, 0.3) is 0 Å². The van der Waals surface area contributed by atoms with Gasteiger partial charge in [-0.3, -0.25) is 9.59 Å². The lowest BCUT2D eigenvalue weighted by atomic mass is 10.1. The maximum absolute atomic E-state index is 12.3. The summed E-state index contributed by atoms with van der Waals surface area (Å²) < 4.78 is 11.0. The topological polar surface area (TPSA) is 102 Å². The first-order chi connectivity index (χ1) is 15.1. The van der Waals surface area contributed by atoms with Crippen LogP contribution in [0.1, 0.15) is 12.0 Å². The number of aromatic nitrogens is 2. The van der Waals surface area contributed by atoms with Crippen LogP contribution in [0.4, 0.5) is 10.8 Å². The van der Waals surface area contributed by atoms with Gasteiger partial charge in [-0.1, -0.05) is 53.4 Å². The van der Waals surface area contributed by atoms with Crippen LogP contribution in [0.15, 0.2) is 52.9 Å². The highest BCUT2D eigenvalue weighted by atomic mass is 32.2. The normalized spacial score (nSPS) is 10.4. The first kappa shape index (κ1) is 22.6. The molecular formula is C21H22N4O4S2. The van der Waals surface area contributed by atoms with Crippen LogP contribution in [-0.2, 0) is 16.0 Å². The minimum atomic E-state index is -0.222. The summed E-state index contributed by atoms with van der Waals surface area (Å²) in [7, 11) is 3.08. The largest absolute Gasteiger partial charge is 0.497 e. The molecule has 0 spiro atoms. The summed E-state index contributed by atoms with van der Waals surface area (Å²) in [6.45, 7) is 0. The minimum Gasteiger partial charge on any atom is -0.497 e. The summed E-state index contributed by atoms with van der Waals surface area (Å²) in [5, 5.41) is 14.0. The first-order valence-electron chi connectivity index (χ1n) is 9.39. The third-order valence-corrected chi connectivity index (χ3v) is 6.12. The Bertz CT molecular complexity index is 1030. The fourth-order valence-corrected chi connectivity index (χ4v) is 4.20. The lowest BCUT2D eigenvalue weighted by molar-refractivity contribution is -0.116. The van der Waals surface area contributed by atoms with E-state index in [0.29, 0.717) is 39.5 Å². The van der Waals surface area contributed by atoms with Crippen molar-refractivity contribution in [2.45, 2.75) is 17.2 Å². The van der Waals surface area contributed by atoms with E-state index >= 15 is 0 Å². The van der Waals surface area contributed by atoms with Gasteiger partial charge in [0.15, 0.2) is 4.34 Å². The smallest absolute Gasteiger partial charge is 0.234 e. The quantitative estimate of drug-likeness (QED) is 0.351. The molecule has 2 aromatic carbocycles. The third-order valence-electron chi connectivity index (χ3n) is 4.14. The van der Waals surface area contributed by atoms with E-state index < -0.39 is 0 Å². The Balaban J connectivity index is 1.46. The Morgan fingerprint density at radius 2 is 1.81 bits per heavy atom. The second-order valence-electron chi connectivity index (χ2n) is 6.31. The summed E-state index contributed by atoms with van der Waals surface area (Å²) in [5.41, 5.74) is 1.63. The van der Waals surface area contributed by atoms with E-state index in [0.717, 1.165) is 5.56 Å². The van der Waals surface area contributed by atoms with Crippen LogP contribution < -0.4 is 20.1 Å². The van der Waals surface area contributed by atoms with Gasteiger partial charge in [0, 0.05) is 12.5 Å². The van der Waals surface area contributed by atoms with Crippen molar-refractivity contribution in [2.24, 2.45) is 0 Å². The molecule has 2 N–H and O–H groups in total. The molecule has 3 aromatic rings. The number of nitrogens with zero attached hydrogens (tertiary/aromatic N) is 2. The Kier molecular flexibility index (Phi) is 8.25. The highest BCUT2D eigenvalue weighted by molar-refractivity contribution is 8.01. The number of anilines is 2. The molecule has 31 heavy (non-hydrogen) atoms. The molecule has 0 atom stereocenters. The summed E-state index contributed by atoms with van der Waals surface area (Å²) in [5.74, 6) is 0.937. The van der Waals surface area contributed by atoms with Crippen LogP contribution in [0, 0.1) is 0 Å². The molecule has 162 valence electrons. The molecule has 8 nitrogen and oxygen atoms in total. The molecule has 0 saturated carbocycles. The van der Waals surface area contributed by atoms with Crippen molar-refractivity contribution in [1.82, 2.24) is 10.2 Å². The molecule has 0 saturated heterocycles. The molecule has 0 radical (unpaired) electrons. The molecule has 1 aromatic heterocycles. The van der Waals surface area contributed by atoms with E-state index in [1.165, 1.54) is 30.2 Å². The summed E-state index contributed by atoms with van der Waals surface area (Å²) in [4.78, 5) is 24.4. The lowest BCUT2D eigenvalue weighted by Crippen LogP contribution is -2.14. The van der Waals surface area contributed by atoms with E-state index in [1.54, 1.807) is 25.3 Å². The molecule has 0 aliphatic carbocycles. The van der Waals surface area contributed by atoms with Gasteiger partial charge in [-0.05, 0) is 24.1 Å². The molecule has 0 aliphatic heterocycles. The van der Waals surface area contributed by atoms with Crippen LogP contribution in [0.2, 0.25) is 0 Å². The number of aryl methyl sites for hydroxylation is 1. The van der Waals surface area contributed by atoms with Gasteiger partial charge in [0.05, 0.1) is 25.7 Å². The van der Waals surface area contributed by atoms with Gasteiger partial charge in [-0.15, -0.1) is 10.2 Å². The Morgan fingerprint density at radius 1 is 1.00 bits per heavy atom. The van der Waals surface area contributed by atoms with Crippen molar-refractivity contribution in [3.63, 3.8) is 0 Å². The fraction of sp³-hybridized carbons (Fsp3) is 0.238. The zero-order valence-corrected chi connectivity index (χ0v) is 18.7. The number of ether oxygens (including phenoxy) is 2. The Morgan fingerprint density at radius 3 is 2.55 bits per heavy atom. The van der Waals surface area contributed by atoms with Gasteiger partial charge in [0.1, 0.15) is 11.5 Å². The van der Waals surface area contributed by atoms with E-state index in [2.05, 4.69) is 20.8 Å². The second-order valence-corrected chi connectivity index (χ2v) is 8.51. The zero-order chi connectivity index (χ0) is 22.1. The van der Waals surface area contributed by atoms with Gasteiger partial charge >= 0.3 is 0 Å². The van der Waals surface area contributed by atoms with Crippen molar-refractivity contribution in [3.05, 3.63) is 54.1 Å². The molecular weight excluding hydrogens is 436 g/mol. The minimum absolute atomic E-state index is 0.126. The lowest BCUT2D eigenvalue weighted by Gasteiger charge is -2.11. The maximum atomic E-state index is 12.3. The monoisotopic (exact) mass is 458 g/mol. The number of benzene rings is 2. The van der Waals surface area contributed by atoms with Gasteiger partial charge in [-0.2, -0.15) is 0 Å². The average Bonchev–Trinajstić information content (AvgIpc) is 3.24. The molecule has 0 fully saturated rings. The summed E-state index contributed by atoms with van der Waals surface area (Å²) >= 11 is 2.47. The molecule has 2 amide bonds. The van der Waals surface area contributed by atoms with E-state index in [-0.39, 0.29) is 17.6 Å². The number of amides is 2. The number of carbonyl (C=O) groups excluding carboxylic acids is 2. The molecule has 1 heterocycles. The number of hydrogen-bond acceptors (Lipinski definition) is 8. The highest BCUT2D eigenvalue weighted by Gasteiger charge is 2.13. The van der Waals surface area contributed by atoms with Crippen LogP contribution in [0.5, 0.6) is 11.5 Å². The number of nitrogens with one attached hydrogen (secondary N) is 2. The second kappa shape index (κ2) is 11.3. The SMILES string of the molecule is COc1ccc(OC)c(NC(=O)CSc2nnc(NC(=O)CCc3ccccc3)s2)c1. The number of hydrogen-bond donors (Lipinski definition) is 2. The summed E-state index contributed by atoms with van der Waals surface area (Å²) in [6, 6.07) is 15.0. The standard InChI is InChI=1S/C21H22N4O4S2/c1-28-15-9-10-17(29-2)16(12-15)22-19(27)13-30-21-25-24-20(31-21)23-18(26)11-8-14-6-4-3-5-7-14/h3-7,9-10,12H,8,11,13H2,1-2H3,(H,22,27)(H,23,24,26). The van der Waals surface area contributed by atoms with E-state index in [4.69, 9.17) is 9.47 Å². The van der Waals surface area contributed by atoms with Gasteiger partial charge in [0.2, 0.25) is 16.9 Å². The number of thioether (sulfide) groups is 1. The molecule has 3 rings (SSSR count). The zero-order valence-electron chi connectivity index (χ0n) is 17.1. The molecule has 0 unspecified atom stereocenters. The number of carbonyl (C=O) groups is 2. The van der Waals surface area contributed by atoms with Crippen molar-refractivity contribution < 1.29 is 19.1 Å². The molecule has 10 heteroatoms. The predicted octanol–water partition coefficient (Wildman–Crippen LogP) is 3.86. The van der Waals surface area contributed by atoms with Crippen LogP contribution in [0.3, 0.4) is 0 Å². The number of methoxy groups -OCH3 is 2. The van der Waals surface area contributed by atoms with Crippen molar-refractivity contribution >= 4 is 45.7 Å². The third kappa shape index (κ3) is 6.97. The van der Waals surface area contributed by atoms with Gasteiger partial charge in [0.25, 0.3) is 0 Å².